The van der Waals surface area contributed by atoms with Crippen LogP contribution in [0.25, 0.3) is 33.2 Å². The standard InChI is InChI=1S/C26H31N5O3/c1-29(2)13-5-15-34-21-10-7-18(8-11-21)19-9-12-23-22(16-19)24-25(28-27-23)30(3)26(32)31(24)20-6-4-14-33-17-20/h7-12,16,20H,4-6,13-15,17H2,1-3H3. The number of imidazole rings is 1. The molecule has 0 saturated carbocycles. The molecule has 0 aliphatic carbocycles. The fourth-order valence-electron chi connectivity index (χ4n) is 4.65. The highest BCUT2D eigenvalue weighted by Gasteiger charge is 2.24. The summed E-state index contributed by atoms with van der Waals surface area (Å²) in [4.78, 5) is 15.3. The summed E-state index contributed by atoms with van der Waals surface area (Å²) in [5, 5.41) is 9.70. The largest absolute Gasteiger partial charge is 0.494 e. The SMILES string of the molecule is CN(C)CCCOc1ccc(-c2ccc3nnc4c(c3c2)n(C2CCCOC2)c(=O)n4C)cc1. The average Bonchev–Trinajstić information content (AvgIpc) is 3.12. The van der Waals surface area contributed by atoms with E-state index < -0.39 is 0 Å². The third kappa shape index (κ3) is 4.31. The van der Waals surface area contributed by atoms with Crippen molar-refractivity contribution in [2.24, 2.45) is 7.05 Å². The van der Waals surface area contributed by atoms with E-state index in [0.29, 0.717) is 18.9 Å². The van der Waals surface area contributed by atoms with Crippen molar-refractivity contribution in [1.29, 1.82) is 0 Å². The highest BCUT2D eigenvalue weighted by Crippen LogP contribution is 2.31. The smallest absolute Gasteiger partial charge is 0.330 e. The molecule has 8 heteroatoms. The van der Waals surface area contributed by atoms with Crippen LogP contribution >= 0.6 is 0 Å². The van der Waals surface area contributed by atoms with Gasteiger partial charge >= 0.3 is 5.69 Å². The lowest BCUT2D eigenvalue weighted by Crippen LogP contribution is -2.31. The van der Waals surface area contributed by atoms with Crippen LogP contribution in [0.15, 0.2) is 47.3 Å². The van der Waals surface area contributed by atoms with E-state index in [1.54, 1.807) is 11.6 Å². The molecule has 0 radical (unpaired) electrons. The van der Waals surface area contributed by atoms with Crippen LogP contribution < -0.4 is 10.4 Å². The number of hydrogen-bond donors (Lipinski definition) is 0. The Morgan fingerprint density at radius 2 is 1.91 bits per heavy atom. The molecule has 0 bridgehead atoms. The normalized spacial score (nSPS) is 16.5. The number of rotatable bonds is 7. The molecule has 2 aromatic carbocycles. The monoisotopic (exact) mass is 461 g/mol. The predicted octanol–water partition coefficient (Wildman–Crippen LogP) is 3.63. The van der Waals surface area contributed by atoms with Gasteiger partial charge in [0.1, 0.15) is 11.3 Å². The molecule has 1 fully saturated rings. The van der Waals surface area contributed by atoms with Crippen molar-refractivity contribution in [3.8, 4) is 16.9 Å². The summed E-state index contributed by atoms with van der Waals surface area (Å²) >= 11 is 0. The molecule has 4 aromatic rings. The molecule has 1 atom stereocenters. The van der Waals surface area contributed by atoms with E-state index in [4.69, 9.17) is 9.47 Å². The van der Waals surface area contributed by atoms with Gasteiger partial charge in [-0.3, -0.25) is 9.13 Å². The van der Waals surface area contributed by atoms with E-state index in [1.165, 1.54) is 0 Å². The maximum absolute atomic E-state index is 13.2. The lowest BCUT2D eigenvalue weighted by Gasteiger charge is -2.23. The summed E-state index contributed by atoms with van der Waals surface area (Å²) in [6.07, 6.45) is 2.85. The van der Waals surface area contributed by atoms with E-state index in [1.807, 2.05) is 28.8 Å². The lowest BCUT2D eigenvalue weighted by molar-refractivity contribution is 0.0593. The van der Waals surface area contributed by atoms with Crippen molar-refractivity contribution in [3.63, 3.8) is 0 Å². The second-order valence-electron chi connectivity index (χ2n) is 9.22. The molecule has 8 nitrogen and oxygen atoms in total. The minimum Gasteiger partial charge on any atom is -0.494 e. The zero-order valence-electron chi connectivity index (χ0n) is 20.0. The van der Waals surface area contributed by atoms with Gasteiger partial charge in [0.25, 0.3) is 0 Å². The van der Waals surface area contributed by atoms with Gasteiger partial charge in [-0.05, 0) is 68.8 Å². The second kappa shape index (κ2) is 9.56. The summed E-state index contributed by atoms with van der Waals surface area (Å²) < 4.78 is 15.0. The number of aromatic nitrogens is 4. The van der Waals surface area contributed by atoms with Crippen molar-refractivity contribution < 1.29 is 9.47 Å². The number of nitrogens with zero attached hydrogens (tertiary/aromatic N) is 5. The lowest BCUT2D eigenvalue weighted by atomic mass is 10.0. The molecule has 1 unspecified atom stereocenters. The summed E-state index contributed by atoms with van der Waals surface area (Å²) in [6.45, 7) is 2.99. The maximum atomic E-state index is 13.2. The molecule has 3 heterocycles. The highest BCUT2D eigenvalue weighted by atomic mass is 16.5. The first kappa shape index (κ1) is 22.6. The molecular formula is C26H31N5O3. The van der Waals surface area contributed by atoms with Crippen LogP contribution in [-0.2, 0) is 11.8 Å². The fourth-order valence-corrected chi connectivity index (χ4v) is 4.65. The minimum atomic E-state index is -0.0755. The highest BCUT2D eigenvalue weighted by molar-refractivity contribution is 6.02. The first-order chi connectivity index (χ1) is 16.5. The van der Waals surface area contributed by atoms with Crippen LogP contribution in [0.2, 0.25) is 0 Å². The average molecular weight is 462 g/mol. The van der Waals surface area contributed by atoms with E-state index in [-0.39, 0.29) is 11.7 Å². The molecule has 1 saturated heterocycles. The molecule has 34 heavy (non-hydrogen) atoms. The number of fused-ring (bicyclic) bond motifs is 3. The number of ether oxygens (including phenoxy) is 2. The topological polar surface area (TPSA) is 74.4 Å². The Hall–Kier alpha value is -3.23. The Morgan fingerprint density at radius 1 is 1.12 bits per heavy atom. The van der Waals surface area contributed by atoms with Crippen molar-refractivity contribution in [2.75, 3.05) is 40.5 Å². The Morgan fingerprint density at radius 3 is 2.65 bits per heavy atom. The Balaban J connectivity index is 1.51. The maximum Gasteiger partial charge on any atom is 0.330 e. The Bertz CT molecular complexity index is 1350. The van der Waals surface area contributed by atoms with Gasteiger partial charge in [-0.1, -0.05) is 18.2 Å². The van der Waals surface area contributed by atoms with Gasteiger partial charge in [0.05, 0.1) is 24.8 Å². The first-order valence-electron chi connectivity index (χ1n) is 11.9. The summed E-state index contributed by atoms with van der Waals surface area (Å²) in [5.41, 5.74) is 4.26. The number of aryl methyl sites for hydroxylation is 1. The molecule has 2 aromatic heterocycles. The van der Waals surface area contributed by atoms with Gasteiger partial charge in [-0.25, -0.2) is 4.79 Å². The predicted molar refractivity (Wildman–Crippen MR) is 133 cm³/mol. The minimum absolute atomic E-state index is 0.00457. The van der Waals surface area contributed by atoms with Crippen LogP contribution in [0, 0.1) is 0 Å². The van der Waals surface area contributed by atoms with Gasteiger partial charge in [0.2, 0.25) is 0 Å². The van der Waals surface area contributed by atoms with E-state index in [0.717, 1.165) is 65.7 Å². The van der Waals surface area contributed by atoms with Crippen LogP contribution in [-0.4, -0.2) is 64.7 Å². The third-order valence-corrected chi connectivity index (χ3v) is 6.48. The molecule has 1 aliphatic heterocycles. The number of hydrogen-bond acceptors (Lipinski definition) is 6. The molecule has 0 N–H and O–H groups in total. The fraction of sp³-hybridized carbons (Fsp3) is 0.423. The molecule has 0 amide bonds. The van der Waals surface area contributed by atoms with E-state index >= 15 is 0 Å². The van der Waals surface area contributed by atoms with Crippen molar-refractivity contribution in [1.82, 2.24) is 24.2 Å². The third-order valence-electron chi connectivity index (χ3n) is 6.48. The van der Waals surface area contributed by atoms with Crippen molar-refractivity contribution in [3.05, 3.63) is 52.9 Å². The zero-order chi connectivity index (χ0) is 23.7. The molecule has 5 rings (SSSR count). The van der Waals surface area contributed by atoms with Gasteiger partial charge in [-0.15, -0.1) is 10.2 Å². The molecule has 178 valence electrons. The van der Waals surface area contributed by atoms with Gasteiger partial charge in [-0.2, -0.15) is 0 Å². The van der Waals surface area contributed by atoms with Crippen LogP contribution in [0.5, 0.6) is 5.75 Å². The Labute approximate surface area is 198 Å². The van der Waals surface area contributed by atoms with Crippen molar-refractivity contribution >= 4 is 22.1 Å². The molecule has 0 spiro atoms. The summed E-state index contributed by atoms with van der Waals surface area (Å²) in [5.74, 6) is 0.866. The first-order valence-corrected chi connectivity index (χ1v) is 11.9. The Kier molecular flexibility index (Phi) is 6.34. The van der Waals surface area contributed by atoms with Crippen molar-refractivity contribution in [2.45, 2.75) is 25.3 Å². The molecule has 1 aliphatic rings. The second-order valence-corrected chi connectivity index (χ2v) is 9.22. The molecular weight excluding hydrogens is 430 g/mol. The van der Waals surface area contributed by atoms with Crippen LogP contribution in [0.4, 0.5) is 0 Å². The van der Waals surface area contributed by atoms with Crippen LogP contribution in [0.1, 0.15) is 25.3 Å². The van der Waals surface area contributed by atoms with E-state index in [2.05, 4.69) is 47.4 Å². The van der Waals surface area contributed by atoms with Gasteiger partial charge in [0.15, 0.2) is 5.65 Å². The number of benzene rings is 2. The summed E-state index contributed by atoms with van der Waals surface area (Å²) in [7, 11) is 5.89. The quantitative estimate of drug-likeness (QED) is 0.391. The van der Waals surface area contributed by atoms with Gasteiger partial charge < -0.3 is 14.4 Å². The van der Waals surface area contributed by atoms with Gasteiger partial charge in [0, 0.05) is 25.6 Å². The summed E-state index contributed by atoms with van der Waals surface area (Å²) in [6, 6.07) is 14.3. The van der Waals surface area contributed by atoms with Crippen LogP contribution in [0.3, 0.4) is 0 Å². The zero-order valence-corrected chi connectivity index (χ0v) is 20.0. The van der Waals surface area contributed by atoms with E-state index in [9.17, 15) is 4.79 Å².